The maximum Gasteiger partial charge on any atom is 0.219 e. The van der Waals surface area contributed by atoms with E-state index in [0.29, 0.717) is 5.88 Å². The van der Waals surface area contributed by atoms with E-state index < -0.39 is 0 Å². The van der Waals surface area contributed by atoms with Gasteiger partial charge in [0.25, 0.3) is 0 Å². The molecular formula is C25H21N3O2. The molecule has 5 rings (SSSR count). The average molecular weight is 395 g/mol. The summed E-state index contributed by atoms with van der Waals surface area (Å²) in [4.78, 5) is 4.56. The summed E-state index contributed by atoms with van der Waals surface area (Å²) >= 11 is 0. The molecule has 4 aromatic rings. The van der Waals surface area contributed by atoms with Crippen molar-refractivity contribution in [1.29, 1.82) is 0 Å². The Morgan fingerprint density at radius 1 is 0.833 bits per heavy atom. The highest BCUT2D eigenvalue weighted by molar-refractivity contribution is 6.01. The smallest absolute Gasteiger partial charge is 0.219 e. The van der Waals surface area contributed by atoms with Crippen molar-refractivity contribution in [3.8, 4) is 17.4 Å². The van der Waals surface area contributed by atoms with Crippen molar-refractivity contribution < 1.29 is 9.47 Å². The Bertz CT molecular complexity index is 1200. The molecule has 0 bridgehead atoms. The normalized spacial score (nSPS) is 15.5. The van der Waals surface area contributed by atoms with E-state index >= 15 is 0 Å². The zero-order valence-corrected chi connectivity index (χ0v) is 16.6. The summed E-state index contributed by atoms with van der Waals surface area (Å²) in [5, 5.41) is 5.62. The number of nitrogens with zero attached hydrogens (tertiary/aromatic N) is 2. The Labute approximate surface area is 175 Å². The van der Waals surface area contributed by atoms with Gasteiger partial charge in [-0.2, -0.15) is 5.10 Å². The molecule has 1 aliphatic rings. The predicted octanol–water partition coefficient (Wildman–Crippen LogP) is 5.47. The van der Waals surface area contributed by atoms with Crippen molar-refractivity contribution in [1.82, 2.24) is 10.4 Å². The van der Waals surface area contributed by atoms with Crippen LogP contribution in [0.3, 0.4) is 0 Å². The molecule has 5 heteroatoms. The van der Waals surface area contributed by atoms with Crippen LogP contribution in [-0.4, -0.2) is 17.8 Å². The van der Waals surface area contributed by atoms with Gasteiger partial charge in [-0.3, -0.25) is 0 Å². The maximum absolute atomic E-state index is 5.94. The number of aromatic nitrogens is 1. The van der Waals surface area contributed by atoms with Gasteiger partial charge in [-0.15, -0.1) is 0 Å². The number of fused-ring (bicyclic) bond motifs is 1. The maximum atomic E-state index is 5.94. The molecule has 5 nitrogen and oxygen atoms in total. The molecule has 30 heavy (non-hydrogen) atoms. The quantitative estimate of drug-likeness (QED) is 0.486. The first-order chi connectivity index (χ1) is 14.8. The Balaban J connectivity index is 1.26. The summed E-state index contributed by atoms with van der Waals surface area (Å²) in [5.41, 5.74) is 7.48. The van der Waals surface area contributed by atoms with E-state index in [1.165, 1.54) is 5.56 Å². The minimum absolute atomic E-state index is 0.148. The number of methoxy groups -OCH3 is 1. The van der Waals surface area contributed by atoms with E-state index in [4.69, 9.17) is 9.47 Å². The fourth-order valence-electron chi connectivity index (χ4n) is 3.59. The number of pyridine rings is 1. The van der Waals surface area contributed by atoms with E-state index in [-0.39, 0.29) is 6.04 Å². The molecule has 1 aliphatic heterocycles. The van der Waals surface area contributed by atoms with Crippen LogP contribution in [0.5, 0.6) is 17.4 Å². The average Bonchev–Trinajstić information content (AvgIpc) is 3.30. The molecule has 0 amide bonds. The zero-order chi connectivity index (χ0) is 20.3. The molecule has 1 atom stereocenters. The summed E-state index contributed by atoms with van der Waals surface area (Å²) < 4.78 is 11.2. The zero-order valence-electron chi connectivity index (χ0n) is 16.6. The van der Waals surface area contributed by atoms with Crippen LogP contribution in [0.2, 0.25) is 0 Å². The van der Waals surface area contributed by atoms with Gasteiger partial charge in [-0.1, -0.05) is 30.3 Å². The van der Waals surface area contributed by atoms with Crippen LogP contribution in [0.4, 0.5) is 0 Å². The van der Waals surface area contributed by atoms with Crippen molar-refractivity contribution >= 4 is 16.6 Å². The van der Waals surface area contributed by atoms with Crippen molar-refractivity contribution in [2.24, 2.45) is 5.10 Å². The number of ether oxygens (including phenoxy) is 2. The number of nitrogens with one attached hydrogen (secondary N) is 1. The first-order valence-electron chi connectivity index (χ1n) is 9.88. The van der Waals surface area contributed by atoms with Gasteiger partial charge in [0.15, 0.2) is 0 Å². The van der Waals surface area contributed by atoms with E-state index in [1.54, 1.807) is 7.11 Å². The van der Waals surface area contributed by atoms with Crippen LogP contribution in [0, 0.1) is 0 Å². The molecule has 0 saturated heterocycles. The van der Waals surface area contributed by atoms with Crippen molar-refractivity contribution in [2.75, 3.05) is 7.11 Å². The molecule has 0 aliphatic carbocycles. The fraction of sp³-hybridized carbons (Fsp3) is 0.120. The molecular weight excluding hydrogens is 374 g/mol. The first kappa shape index (κ1) is 18.2. The lowest BCUT2D eigenvalue weighted by Gasteiger charge is -2.11. The second-order valence-electron chi connectivity index (χ2n) is 7.19. The molecule has 3 aromatic carbocycles. The van der Waals surface area contributed by atoms with Gasteiger partial charge in [-0.25, -0.2) is 4.98 Å². The molecule has 2 heterocycles. The summed E-state index contributed by atoms with van der Waals surface area (Å²) in [6.45, 7) is 0. The van der Waals surface area contributed by atoms with Gasteiger partial charge in [0, 0.05) is 17.9 Å². The number of hydrogen-bond acceptors (Lipinski definition) is 5. The minimum Gasteiger partial charge on any atom is -0.497 e. The van der Waals surface area contributed by atoms with Crippen molar-refractivity contribution in [2.45, 2.75) is 12.5 Å². The first-order valence-corrected chi connectivity index (χ1v) is 9.88. The van der Waals surface area contributed by atoms with Gasteiger partial charge in [-0.05, 0) is 59.7 Å². The SMILES string of the molecule is COc1ccc(C2=NNC(c3ccc(Oc4ccc5ccccc5n4)cc3)C2)cc1. The van der Waals surface area contributed by atoms with Crippen LogP contribution in [0.15, 0.2) is 90.0 Å². The van der Waals surface area contributed by atoms with E-state index in [0.717, 1.165) is 40.1 Å². The largest absolute Gasteiger partial charge is 0.497 e. The lowest BCUT2D eigenvalue weighted by atomic mass is 9.99. The van der Waals surface area contributed by atoms with Gasteiger partial charge in [0.1, 0.15) is 11.5 Å². The summed E-state index contributed by atoms with van der Waals surface area (Å²) in [6, 6.07) is 28.1. The van der Waals surface area contributed by atoms with Crippen molar-refractivity contribution in [3.63, 3.8) is 0 Å². The molecule has 1 unspecified atom stereocenters. The fourth-order valence-corrected chi connectivity index (χ4v) is 3.59. The second-order valence-corrected chi connectivity index (χ2v) is 7.19. The third-order valence-corrected chi connectivity index (χ3v) is 5.25. The number of benzene rings is 3. The molecule has 0 saturated carbocycles. The topological polar surface area (TPSA) is 55.7 Å². The summed E-state index contributed by atoms with van der Waals surface area (Å²) in [5.74, 6) is 2.19. The Morgan fingerprint density at radius 2 is 1.60 bits per heavy atom. The Kier molecular flexibility index (Phi) is 4.77. The third kappa shape index (κ3) is 3.70. The lowest BCUT2D eigenvalue weighted by Crippen LogP contribution is -2.09. The van der Waals surface area contributed by atoms with E-state index in [9.17, 15) is 0 Å². The van der Waals surface area contributed by atoms with E-state index in [2.05, 4.69) is 27.6 Å². The number of rotatable bonds is 5. The monoisotopic (exact) mass is 395 g/mol. The standard InChI is InChI=1S/C25H21N3O2/c1-29-20-11-6-18(7-12-20)23-16-24(28-27-23)19-8-13-21(14-9-19)30-25-15-10-17-4-2-3-5-22(17)26-25/h2-15,24,28H,16H2,1H3. The second kappa shape index (κ2) is 7.87. The highest BCUT2D eigenvalue weighted by atomic mass is 16.5. The van der Waals surface area contributed by atoms with Gasteiger partial charge < -0.3 is 14.9 Å². The molecule has 148 valence electrons. The van der Waals surface area contributed by atoms with E-state index in [1.807, 2.05) is 72.8 Å². The highest BCUT2D eigenvalue weighted by Crippen LogP contribution is 2.28. The molecule has 0 radical (unpaired) electrons. The lowest BCUT2D eigenvalue weighted by molar-refractivity contribution is 0.415. The Hall–Kier alpha value is -3.86. The van der Waals surface area contributed by atoms with Gasteiger partial charge >= 0.3 is 0 Å². The van der Waals surface area contributed by atoms with Crippen LogP contribution in [0.1, 0.15) is 23.6 Å². The van der Waals surface area contributed by atoms with Gasteiger partial charge in [0.05, 0.1) is 24.4 Å². The number of hydrazone groups is 1. The molecule has 0 spiro atoms. The minimum atomic E-state index is 0.148. The highest BCUT2D eigenvalue weighted by Gasteiger charge is 2.21. The molecule has 0 fully saturated rings. The van der Waals surface area contributed by atoms with Crippen molar-refractivity contribution in [3.05, 3.63) is 96.1 Å². The van der Waals surface area contributed by atoms with Crippen LogP contribution >= 0.6 is 0 Å². The summed E-state index contributed by atoms with van der Waals surface area (Å²) in [6.07, 6.45) is 0.832. The van der Waals surface area contributed by atoms with Crippen LogP contribution in [-0.2, 0) is 0 Å². The third-order valence-electron chi connectivity index (χ3n) is 5.25. The number of hydrogen-bond donors (Lipinski definition) is 1. The summed E-state index contributed by atoms with van der Waals surface area (Å²) in [7, 11) is 1.67. The van der Waals surface area contributed by atoms with Crippen LogP contribution < -0.4 is 14.9 Å². The Morgan fingerprint density at radius 3 is 2.40 bits per heavy atom. The molecule has 1 N–H and O–H groups in total. The van der Waals surface area contributed by atoms with Crippen LogP contribution in [0.25, 0.3) is 10.9 Å². The predicted molar refractivity (Wildman–Crippen MR) is 118 cm³/mol. The van der Waals surface area contributed by atoms with Gasteiger partial charge in [0.2, 0.25) is 5.88 Å². The number of para-hydroxylation sites is 1. The molecule has 1 aromatic heterocycles.